The number of ether oxygens (including phenoxy) is 3. The van der Waals surface area contributed by atoms with E-state index in [4.69, 9.17) is 14.2 Å². The number of carbonyl (C=O) groups is 2. The molecule has 1 aliphatic rings. The van der Waals surface area contributed by atoms with Crippen LogP contribution in [-0.2, 0) is 14.2 Å². The van der Waals surface area contributed by atoms with Crippen LogP contribution in [0.2, 0.25) is 0 Å². The molecule has 0 aliphatic carbocycles. The number of aliphatic hydroxyl groups is 1. The molecule has 1 heterocycles. The van der Waals surface area contributed by atoms with Crippen LogP contribution in [0.5, 0.6) is 0 Å². The fourth-order valence-corrected chi connectivity index (χ4v) is 2.56. The molecule has 1 N–H and O–H groups in total. The molecule has 1 fully saturated rings. The van der Waals surface area contributed by atoms with Gasteiger partial charge in [0.25, 0.3) is 0 Å². The van der Waals surface area contributed by atoms with Crippen molar-refractivity contribution in [2.75, 3.05) is 6.61 Å². The van der Waals surface area contributed by atoms with Crippen molar-refractivity contribution in [2.45, 2.75) is 24.7 Å². The van der Waals surface area contributed by atoms with E-state index in [-0.39, 0.29) is 12.2 Å². The lowest BCUT2D eigenvalue weighted by Gasteiger charge is -2.19. The van der Waals surface area contributed by atoms with E-state index in [0.717, 1.165) is 0 Å². The van der Waals surface area contributed by atoms with Crippen LogP contribution in [0.1, 0.15) is 20.7 Å². The summed E-state index contributed by atoms with van der Waals surface area (Å²) in [6, 6.07) is 16.3. The quantitative estimate of drug-likeness (QED) is 0.823. The minimum atomic E-state index is -1.94. The normalized spacial score (nSPS) is 24.8. The molecular weight excluding hydrogens is 343 g/mol. The molecule has 6 nitrogen and oxygen atoms in total. The minimum absolute atomic E-state index is 0.237. The Morgan fingerprint density at radius 2 is 1.50 bits per heavy atom. The molecule has 136 valence electrons. The highest BCUT2D eigenvalue weighted by molar-refractivity contribution is 5.90. The van der Waals surface area contributed by atoms with Crippen LogP contribution in [0.3, 0.4) is 0 Å². The van der Waals surface area contributed by atoms with Crippen LogP contribution < -0.4 is 0 Å². The molecule has 0 bridgehead atoms. The van der Waals surface area contributed by atoms with Gasteiger partial charge in [0.2, 0.25) is 0 Å². The maximum absolute atomic E-state index is 14.2. The average molecular weight is 360 g/mol. The Labute approximate surface area is 149 Å². The van der Waals surface area contributed by atoms with Gasteiger partial charge in [-0.25, -0.2) is 14.0 Å². The maximum atomic E-state index is 14.2. The smallest absolute Gasteiger partial charge is 0.338 e. The van der Waals surface area contributed by atoms with Gasteiger partial charge >= 0.3 is 11.9 Å². The fourth-order valence-electron chi connectivity index (χ4n) is 2.56. The van der Waals surface area contributed by atoms with Gasteiger partial charge in [-0.2, -0.15) is 0 Å². The summed E-state index contributed by atoms with van der Waals surface area (Å²) in [5.74, 6) is -1.38. The first kappa shape index (κ1) is 18.0. The van der Waals surface area contributed by atoms with E-state index < -0.39 is 36.6 Å². The summed E-state index contributed by atoms with van der Waals surface area (Å²) in [6.07, 6.45) is -6.20. The third-order valence-electron chi connectivity index (χ3n) is 3.91. The van der Waals surface area contributed by atoms with E-state index in [1.54, 1.807) is 48.5 Å². The molecule has 7 heteroatoms. The molecule has 1 aliphatic heterocycles. The Balaban J connectivity index is 1.63. The molecule has 0 saturated carbocycles. The molecule has 2 aromatic rings. The standard InChI is InChI=1S/C19H17FO6/c20-15-16(26-18(22)13-9-5-2-6-10-13)14(25-19(15)23)11-24-17(21)12-7-3-1-4-8-12/h1-10,14-16,19,23H,11H2/t14-,15+,16-,19+/m1/s1. The predicted octanol–water partition coefficient (Wildman–Crippen LogP) is 2.12. The fraction of sp³-hybridized carbons (Fsp3) is 0.263. The van der Waals surface area contributed by atoms with Crippen LogP contribution in [0, 0.1) is 0 Å². The topological polar surface area (TPSA) is 82.1 Å². The first-order valence-corrected chi connectivity index (χ1v) is 8.02. The summed E-state index contributed by atoms with van der Waals surface area (Å²) in [4.78, 5) is 24.1. The molecular formula is C19H17FO6. The Morgan fingerprint density at radius 3 is 2.08 bits per heavy atom. The third-order valence-corrected chi connectivity index (χ3v) is 3.91. The molecule has 1 saturated heterocycles. The lowest BCUT2D eigenvalue weighted by molar-refractivity contribution is -0.122. The highest BCUT2D eigenvalue weighted by Crippen LogP contribution is 2.26. The number of aliphatic hydroxyl groups excluding tert-OH is 1. The van der Waals surface area contributed by atoms with Gasteiger partial charge in [-0.05, 0) is 24.3 Å². The van der Waals surface area contributed by atoms with Crippen molar-refractivity contribution < 1.29 is 33.3 Å². The summed E-state index contributed by atoms with van der Waals surface area (Å²) in [5, 5.41) is 9.58. The van der Waals surface area contributed by atoms with Gasteiger partial charge in [0.1, 0.15) is 12.7 Å². The van der Waals surface area contributed by atoms with Crippen molar-refractivity contribution in [3.63, 3.8) is 0 Å². The lowest BCUT2D eigenvalue weighted by Crippen LogP contribution is -2.37. The van der Waals surface area contributed by atoms with Crippen LogP contribution in [0.15, 0.2) is 60.7 Å². The van der Waals surface area contributed by atoms with E-state index in [2.05, 4.69) is 0 Å². The average Bonchev–Trinajstić information content (AvgIpc) is 2.95. The van der Waals surface area contributed by atoms with Crippen LogP contribution in [0.25, 0.3) is 0 Å². The maximum Gasteiger partial charge on any atom is 0.338 e. The van der Waals surface area contributed by atoms with E-state index in [0.29, 0.717) is 5.56 Å². The number of alkyl halides is 1. The predicted molar refractivity (Wildman–Crippen MR) is 88.1 cm³/mol. The van der Waals surface area contributed by atoms with Gasteiger partial charge in [0, 0.05) is 0 Å². The second-order valence-corrected chi connectivity index (χ2v) is 5.71. The third kappa shape index (κ3) is 4.07. The summed E-state index contributed by atoms with van der Waals surface area (Å²) >= 11 is 0. The number of carbonyl (C=O) groups excluding carboxylic acids is 2. The van der Waals surface area contributed by atoms with E-state index in [1.807, 2.05) is 0 Å². The zero-order chi connectivity index (χ0) is 18.5. The minimum Gasteiger partial charge on any atom is -0.459 e. The Bertz CT molecular complexity index is 751. The van der Waals surface area contributed by atoms with E-state index in [1.165, 1.54) is 12.1 Å². The number of hydrogen-bond acceptors (Lipinski definition) is 6. The Hall–Kier alpha value is -2.77. The first-order valence-electron chi connectivity index (χ1n) is 8.02. The number of halogens is 1. The molecule has 4 atom stereocenters. The van der Waals surface area contributed by atoms with E-state index in [9.17, 15) is 19.1 Å². The van der Waals surface area contributed by atoms with Gasteiger partial charge in [0.15, 0.2) is 18.6 Å². The number of rotatable bonds is 5. The first-order chi connectivity index (χ1) is 12.6. The summed E-state index contributed by atoms with van der Waals surface area (Å²) in [7, 11) is 0. The molecule has 2 aromatic carbocycles. The molecule has 0 amide bonds. The molecule has 0 unspecified atom stereocenters. The number of esters is 2. The number of benzene rings is 2. The largest absolute Gasteiger partial charge is 0.459 e. The second-order valence-electron chi connectivity index (χ2n) is 5.71. The second kappa shape index (κ2) is 8.07. The van der Waals surface area contributed by atoms with Gasteiger partial charge in [0.05, 0.1) is 11.1 Å². The Morgan fingerprint density at radius 1 is 0.962 bits per heavy atom. The van der Waals surface area contributed by atoms with Crippen molar-refractivity contribution in [3.8, 4) is 0 Å². The van der Waals surface area contributed by atoms with Gasteiger partial charge in [-0.3, -0.25) is 0 Å². The SMILES string of the molecule is O=C(OC[C@H]1O[C@H](O)[C@@H](F)[C@@H]1OC(=O)c1ccccc1)c1ccccc1. The van der Waals surface area contributed by atoms with Crippen molar-refractivity contribution in [3.05, 3.63) is 71.8 Å². The van der Waals surface area contributed by atoms with Crippen molar-refractivity contribution >= 4 is 11.9 Å². The zero-order valence-electron chi connectivity index (χ0n) is 13.7. The molecule has 0 aromatic heterocycles. The molecule has 26 heavy (non-hydrogen) atoms. The monoisotopic (exact) mass is 360 g/mol. The van der Waals surface area contributed by atoms with Crippen molar-refractivity contribution in [2.24, 2.45) is 0 Å². The van der Waals surface area contributed by atoms with E-state index >= 15 is 0 Å². The van der Waals surface area contributed by atoms with Gasteiger partial charge < -0.3 is 19.3 Å². The highest BCUT2D eigenvalue weighted by atomic mass is 19.1. The molecule has 3 rings (SSSR count). The van der Waals surface area contributed by atoms with Crippen molar-refractivity contribution in [1.82, 2.24) is 0 Å². The lowest BCUT2D eigenvalue weighted by atomic mass is 10.1. The van der Waals surface area contributed by atoms with Gasteiger partial charge in [-0.15, -0.1) is 0 Å². The highest BCUT2D eigenvalue weighted by Gasteiger charge is 2.47. The van der Waals surface area contributed by atoms with Crippen LogP contribution in [-0.4, -0.2) is 48.3 Å². The number of hydrogen-bond donors (Lipinski definition) is 1. The summed E-state index contributed by atoms with van der Waals surface area (Å²) in [6.45, 7) is -0.363. The van der Waals surface area contributed by atoms with Crippen LogP contribution >= 0.6 is 0 Å². The summed E-state index contributed by atoms with van der Waals surface area (Å²) < 4.78 is 29.4. The zero-order valence-corrected chi connectivity index (χ0v) is 13.7. The van der Waals surface area contributed by atoms with Gasteiger partial charge in [-0.1, -0.05) is 36.4 Å². The molecule has 0 radical (unpaired) electrons. The molecule has 0 spiro atoms. The van der Waals surface area contributed by atoms with Crippen molar-refractivity contribution in [1.29, 1.82) is 0 Å². The summed E-state index contributed by atoms with van der Waals surface area (Å²) in [5.41, 5.74) is 0.557. The Kier molecular flexibility index (Phi) is 5.60. The van der Waals surface area contributed by atoms with Crippen LogP contribution in [0.4, 0.5) is 4.39 Å².